The van der Waals surface area contributed by atoms with Crippen LogP contribution < -0.4 is 10.1 Å². The molecule has 188 valence electrons. The van der Waals surface area contributed by atoms with Gasteiger partial charge in [-0.2, -0.15) is 9.78 Å². The number of aromatic nitrogens is 2. The Kier molecular flexibility index (Phi) is 6.87. The smallest absolute Gasteiger partial charge is 0.309 e. The molecule has 0 spiro atoms. The van der Waals surface area contributed by atoms with E-state index in [1.165, 1.54) is 6.92 Å². The Morgan fingerprint density at radius 3 is 2.18 bits per heavy atom. The van der Waals surface area contributed by atoms with E-state index in [9.17, 15) is 9.59 Å². The van der Waals surface area contributed by atoms with Crippen molar-refractivity contribution >= 4 is 17.6 Å². The predicted molar refractivity (Wildman–Crippen MR) is 150 cm³/mol. The van der Waals surface area contributed by atoms with E-state index in [0.717, 1.165) is 27.9 Å². The van der Waals surface area contributed by atoms with E-state index in [4.69, 9.17) is 9.84 Å². The van der Waals surface area contributed by atoms with Crippen LogP contribution in [0.1, 0.15) is 28.4 Å². The molecule has 1 N–H and O–H groups in total. The highest BCUT2D eigenvalue weighted by Crippen LogP contribution is 2.41. The second-order valence-corrected chi connectivity index (χ2v) is 9.09. The first-order chi connectivity index (χ1) is 18.4. The molecule has 0 radical (unpaired) electrons. The molecule has 0 atom stereocenters. The van der Waals surface area contributed by atoms with E-state index in [2.05, 4.69) is 11.4 Å². The van der Waals surface area contributed by atoms with E-state index >= 15 is 0 Å². The van der Waals surface area contributed by atoms with Gasteiger partial charge in [-0.05, 0) is 61.4 Å². The van der Waals surface area contributed by atoms with Gasteiger partial charge in [-0.1, -0.05) is 72.3 Å². The molecule has 0 aliphatic carbocycles. The first kappa shape index (κ1) is 24.7. The van der Waals surface area contributed by atoms with Gasteiger partial charge < -0.3 is 10.1 Å². The van der Waals surface area contributed by atoms with Gasteiger partial charge in [0.15, 0.2) is 0 Å². The number of nitrogens with one attached hydrogen (secondary N) is 1. The highest BCUT2D eigenvalue weighted by molar-refractivity contribution is 6.04. The molecule has 6 nitrogen and oxygen atoms in total. The van der Waals surface area contributed by atoms with E-state index in [-0.39, 0.29) is 5.91 Å². The van der Waals surface area contributed by atoms with Gasteiger partial charge in [0.2, 0.25) is 5.88 Å². The average Bonchev–Trinajstić information content (AvgIpc) is 3.28. The van der Waals surface area contributed by atoms with Gasteiger partial charge in [0.25, 0.3) is 5.91 Å². The molecule has 1 heterocycles. The maximum Gasteiger partial charge on any atom is 0.309 e. The number of benzene rings is 4. The van der Waals surface area contributed by atoms with Crippen LogP contribution in [0.5, 0.6) is 5.88 Å². The Hall–Kier alpha value is -4.97. The predicted octanol–water partition coefficient (Wildman–Crippen LogP) is 7.00. The van der Waals surface area contributed by atoms with Crippen molar-refractivity contribution in [3.05, 3.63) is 120 Å². The molecule has 0 saturated heterocycles. The Labute approximate surface area is 221 Å². The van der Waals surface area contributed by atoms with Gasteiger partial charge in [0.1, 0.15) is 5.69 Å². The van der Waals surface area contributed by atoms with Crippen molar-refractivity contribution in [1.82, 2.24) is 9.78 Å². The molecule has 1 amide bonds. The summed E-state index contributed by atoms with van der Waals surface area (Å²) in [5.74, 6) is -0.292. The monoisotopic (exact) mass is 501 g/mol. The lowest BCUT2D eigenvalue weighted by Gasteiger charge is -2.12. The number of carbonyl (C=O) groups is 2. The zero-order valence-corrected chi connectivity index (χ0v) is 21.4. The molecule has 6 heteroatoms. The summed E-state index contributed by atoms with van der Waals surface area (Å²) in [6, 6.07) is 32.4. The van der Waals surface area contributed by atoms with Crippen LogP contribution in [-0.2, 0) is 4.79 Å². The van der Waals surface area contributed by atoms with Crippen LogP contribution in [-0.4, -0.2) is 21.7 Å². The van der Waals surface area contributed by atoms with Gasteiger partial charge in [0, 0.05) is 23.7 Å². The molecule has 1 aromatic heterocycles. The summed E-state index contributed by atoms with van der Waals surface area (Å²) in [4.78, 5) is 24.9. The van der Waals surface area contributed by atoms with Crippen LogP contribution in [0, 0.1) is 13.8 Å². The maximum atomic E-state index is 12.6. The fourth-order valence-corrected chi connectivity index (χ4v) is 4.36. The third-order valence-electron chi connectivity index (χ3n) is 6.19. The standard InChI is InChI=1S/C32H27N3O3/c1-21-10-9-14-26(20-21)30-29(32(38-23(3)36)35(34-30)28-15-8-7-11-22(28)2)24-16-18-27(19-17-24)33-31(37)25-12-5-4-6-13-25/h4-20H,1-3H3,(H,33,37). The molecule has 5 aromatic rings. The summed E-state index contributed by atoms with van der Waals surface area (Å²) in [5.41, 5.74) is 7.21. The van der Waals surface area contributed by atoms with E-state index in [0.29, 0.717) is 28.4 Å². The van der Waals surface area contributed by atoms with Gasteiger partial charge in [0.05, 0.1) is 11.3 Å². The Bertz CT molecular complexity index is 1620. The number of anilines is 1. The highest BCUT2D eigenvalue weighted by Gasteiger charge is 2.25. The normalized spacial score (nSPS) is 10.7. The lowest BCUT2D eigenvalue weighted by molar-refractivity contribution is -0.132. The SMILES string of the molecule is CC(=O)Oc1c(-c2ccc(NC(=O)c3ccccc3)cc2)c(-c2cccc(C)c2)nn1-c1ccccc1C. The molecule has 0 aliphatic heterocycles. The van der Waals surface area contributed by atoms with Crippen molar-refractivity contribution < 1.29 is 14.3 Å². The van der Waals surface area contributed by atoms with Gasteiger partial charge in [-0.3, -0.25) is 9.59 Å². The van der Waals surface area contributed by atoms with Crippen LogP contribution in [0.2, 0.25) is 0 Å². The van der Waals surface area contributed by atoms with Crippen LogP contribution in [0.15, 0.2) is 103 Å². The molecular weight excluding hydrogens is 474 g/mol. The zero-order chi connectivity index (χ0) is 26.6. The van der Waals surface area contributed by atoms with E-state index < -0.39 is 5.97 Å². The van der Waals surface area contributed by atoms with Crippen molar-refractivity contribution in [2.24, 2.45) is 0 Å². The number of hydrogen-bond donors (Lipinski definition) is 1. The second-order valence-electron chi connectivity index (χ2n) is 9.09. The Balaban J connectivity index is 1.64. The Morgan fingerprint density at radius 1 is 0.789 bits per heavy atom. The van der Waals surface area contributed by atoms with Crippen molar-refractivity contribution in [2.75, 3.05) is 5.32 Å². The fraction of sp³-hybridized carbons (Fsp3) is 0.0938. The van der Waals surface area contributed by atoms with Crippen molar-refractivity contribution in [2.45, 2.75) is 20.8 Å². The van der Waals surface area contributed by atoms with Crippen LogP contribution >= 0.6 is 0 Å². The van der Waals surface area contributed by atoms with Gasteiger partial charge >= 0.3 is 5.97 Å². The molecular formula is C32H27N3O3. The number of amides is 1. The minimum atomic E-state index is -0.441. The quantitative estimate of drug-likeness (QED) is 0.254. The molecule has 0 aliphatic rings. The lowest BCUT2D eigenvalue weighted by Crippen LogP contribution is -2.11. The number of esters is 1. The molecule has 0 saturated carbocycles. The van der Waals surface area contributed by atoms with Crippen molar-refractivity contribution in [1.29, 1.82) is 0 Å². The average molecular weight is 502 g/mol. The van der Waals surface area contributed by atoms with Gasteiger partial charge in [-0.25, -0.2) is 0 Å². The number of para-hydroxylation sites is 1. The highest BCUT2D eigenvalue weighted by atomic mass is 16.5. The zero-order valence-electron chi connectivity index (χ0n) is 21.4. The fourth-order valence-electron chi connectivity index (χ4n) is 4.36. The molecule has 0 bridgehead atoms. The minimum Gasteiger partial charge on any atom is -0.407 e. The number of aryl methyl sites for hydroxylation is 2. The van der Waals surface area contributed by atoms with E-state index in [1.807, 2.05) is 98.8 Å². The summed E-state index contributed by atoms with van der Waals surface area (Å²) in [5, 5.41) is 7.89. The van der Waals surface area contributed by atoms with E-state index in [1.54, 1.807) is 16.8 Å². The Morgan fingerprint density at radius 2 is 1.50 bits per heavy atom. The first-order valence-electron chi connectivity index (χ1n) is 12.3. The lowest BCUT2D eigenvalue weighted by atomic mass is 10.00. The molecule has 38 heavy (non-hydrogen) atoms. The molecule has 0 fully saturated rings. The second kappa shape index (κ2) is 10.6. The molecule has 4 aromatic carbocycles. The maximum absolute atomic E-state index is 12.6. The molecule has 0 unspecified atom stereocenters. The summed E-state index contributed by atoms with van der Waals surface area (Å²) in [6.07, 6.45) is 0. The molecule has 5 rings (SSSR count). The number of rotatable bonds is 6. The largest absolute Gasteiger partial charge is 0.407 e. The summed E-state index contributed by atoms with van der Waals surface area (Å²) in [6.45, 7) is 5.40. The van der Waals surface area contributed by atoms with Crippen molar-refractivity contribution in [3.8, 4) is 34.0 Å². The summed E-state index contributed by atoms with van der Waals surface area (Å²) in [7, 11) is 0. The number of ether oxygens (including phenoxy) is 1. The first-order valence-corrected chi connectivity index (χ1v) is 12.3. The van der Waals surface area contributed by atoms with Gasteiger partial charge in [-0.15, -0.1) is 0 Å². The van der Waals surface area contributed by atoms with Crippen LogP contribution in [0.25, 0.3) is 28.1 Å². The van der Waals surface area contributed by atoms with Crippen LogP contribution in [0.4, 0.5) is 5.69 Å². The summed E-state index contributed by atoms with van der Waals surface area (Å²) < 4.78 is 7.51. The number of carbonyl (C=O) groups excluding carboxylic acids is 2. The minimum absolute atomic E-state index is 0.188. The topological polar surface area (TPSA) is 73.2 Å². The van der Waals surface area contributed by atoms with Crippen molar-refractivity contribution in [3.63, 3.8) is 0 Å². The number of hydrogen-bond acceptors (Lipinski definition) is 4. The third kappa shape index (κ3) is 5.11. The third-order valence-corrected chi connectivity index (χ3v) is 6.19. The van der Waals surface area contributed by atoms with Crippen LogP contribution in [0.3, 0.4) is 0 Å². The summed E-state index contributed by atoms with van der Waals surface area (Å²) >= 11 is 0. The number of nitrogens with zero attached hydrogens (tertiary/aromatic N) is 2.